The van der Waals surface area contributed by atoms with Gasteiger partial charge in [0.05, 0.1) is 16.7 Å². The molecule has 0 aliphatic carbocycles. The number of hydrogen-bond donors (Lipinski definition) is 0. The molecule has 9 aromatic carbocycles. The maximum absolute atomic E-state index is 5.11. The predicted molar refractivity (Wildman–Crippen MR) is 252 cm³/mol. The lowest BCUT2D eigenvalue weighted by Crippen LogP contribution is -2.00. The minimum Gasteiger partial charge on any atom is -0.309 e. The summed E-state index contributed by atoms with van der Waals surface area (Å²) in [5.41, 5.74) is 15.4. The Morgan fingerprint density at radius 2 is 0.607 bits per heavy atom. The summed E-state index contributed by atoms with van der Waals surface area (Å²) in [5, 5.41) is 2.51. The standard InChI is InChI=1S/C57H38N4/c1-3-15-39(16-4-1)45-19-13-21-47(37-45)56-58-55(59-57(60-56)48-22-14-20-46(38-48)40-17-5-2-6-18-40)44-35-31-42(32-36-44)41-29-33-43(34-30-41)49-23-7-10-26-52(49)61-53-27-11-8-24-50(53)51-25-9-12-28-54(51)61/h1-38H. The lowest BCUT2D eigenvalue weighted by atomic mass is 9.98. The Morgan fingerprint density at radius 3 is 1.13 bits per heavy atom. The summed E-state index contributed by atoms with van der Waals surface area (Å²) < 4.78 is 2.39. The van der Waals surface area contributed by atoms with Gasteiger partial charge in [0.15, 0.2) is 17.5 Å². The molecule has 2 heterocycles. The molecular weight excluding hydrogens is 741 g/mol. The summed E-state index contributed by atoms with van der Waals surface area (Å²) in [6, 6.07) is 81.1. The molecule has 4 nitrogen and oxygen atoms in total. The molecule has 0 radical (unpaired) electrons. The number of para-hydroxylation sites is 3. The van der Waals surface area contributed by atoms with Crippen molar-refractivity contribution in [3.05, 3.63) is 231 Å². The fourth-order valence-electron chi connectivity index (χ4n) is 8.45. The lowest BCUT2D eigenvalue weighted by Gasteiger charge is -2.14. The first-order chi connectivity index (χ1) is 30.2. The fourth-order valence-corrected chi connectivity index (χ4v) is 8.45. The number of aromatic nitrogens is 4. The summed E-state index contributed by atoms with van der Waals surface area (Å²) in [6.45, 7) is 0. The Hall–Kier alpha value is -8.21. The molecule has 0 N–H and O–H groups in total. The smallest absolute Gasteiger partial charge is 0.164 e. The highest BCUT2D eigenvalue weighted by Crippen LogP contribution is 2.37. The van der Waals surface area contributed by atoms with Crippen molar-refractivity contribution in [2.45, 2.75) is 0 Å². The van der Waals surface area contributed by atoms with Crippen molar-refractivity contribution in [2.24, 2.45) is 0 Å². The van der Waals surface area contributed by atoms with Crippen LogP contribution in [0, 0.1) is 0 Å². The van der Waals surface area contributed by atoms with Crippen molar-refractivity contribution in [1.29, 1.82) is 0 Å². The van der Waals surface area contributed by atoms with Crippen LogP contribution in [0.1, 0.15) is 0 Å². The zero-order chi connectivity index (χ0) is 40.5. The molecule has 0 amide bonds. The van der Waals surface area contributed by atoms with Gasteiger partial charge in [-0.05, 0) is 69.3 Å². The molecule has 11 rings (SSSR count). The summed E-state index contributed by atoms with van der Waals surface area (Å²) >= 11 is 0. The van der Waals surface area contributed by atoms with Gasteiger partial charge in [-0.3, -0.25) is 0 Å². The summed E-state index contributed by atoms with van der Waals surface area (Å²) in [5.74, 6) is 1.88. The van der Waals surface area contributed by atoms with Crippen molar-refractivity contribution in [3.8, 4) is 84.4 Å². The van der Waals surface area contributed by atoms with Crippen LogP contribution in [-0.4, -0.2) is 19.5 Å². The predicted octanol–water partition coefficient (Wildman–Crippen LogP) is 14.6. The third-order valence-corrected chi connectivity index (χ3v) is 11.5. The Morgan fingerprint density at radius 1 is 0.246 bits per heavy atom. The first-order valence-electron chi connectivity index (χ1n) is 20.6. The Labute approximate surface area is 354 Å². The normalized spacial score (nSPS) is 11.3. The van der Waals surface area contributed by atoms with E-state index in [0.717, 1.165) is 61.3 Å². The zero-order valence-corrected chi connectivity index (χ0v) is 33.2. The largest absolute Gasteiger partial charge is 0.309 e. The third kappa shape index (κ3) is 6.86. The Kier molecular flexibility index (Phi) is 9.14. The first kappa shape index (κ1) is 35.9. The Balaban J connectivity index is 0.946. The molecule has 61 heavy (non-hydrogen) atoms. The van der Waals surface area contributed by atoms with E-state index in [4.69, 9.17) is 15.0 Å². The van der Waals surface area contributed by atoms with Crippen molar-refractivity contribution in [2.75, 3.05) is 0 Å². The molecule has 0 unspecified atom stereocenters. The first-order valence-corrected chi connectivity index (χ1v) is 20.6. The molecule has 4 heteroatoms. The van der Waals surface area contributed by atoms with Crippen LogP contribution in [0.3, 0.4) is 0 Å². The average molecular weight is 779 g/mol. The maximum atomic E-state index is 5.11. The van der Waals surface area contributed by atoms with Crippen LogP contribution >= 0.6 is 0 Å². The van der Waals surface area contributed by atoms with E-state index in [0.29, 0.717) is 17.5 Å². The monoisotopic (exact) mass is 778 g/mol. The molecule has 0 saturated heterocycles. The summed E-state index contributed by atoms with van der Waals surface area (Å²) in [4.78, 5) is 15.3. The number of benzene rings is 9. The van der Waals surface area contributed by atoms with Crippen LogP contribution < -0.4 is 0 Å². The van der Waals surface area contributed by atoms with Gasteiger partial charge in [-0.2, -0.15) is 0 Å². The molecular formula is C57H38N4. The highest BCUT2D eigenvalue weighted by atomic mass is 15.0. The fraction of sp³-hybridized carbons (Fsp3) is 0. The second kappa shape index (κ2) is 15.5. The maximum Gasteiger partial charge on any atom is 0.164 e. The van der Waals surface area contributed by atoms with Crippen LogP contribution in [0.15, 0.2) is 231 Å². The third-order valence-electron chi connectivity index (χ3n) is 11.5. The van der Waals surface area contributed by atoms with Crippen LogP contribution in [0.25, 0.3) is 106 Å². The molecule has 11 aromatic rings. The quantitative estimate of drug-likeness (QED) is 0.154. The minimum absolute atomic E-state index is 0.624. The summed E-state index contributed by atoms with van der Waals surface area (Å²) in [7, 11) is 0. The summed E-state index contributed by atoms with van der Waals surface area (Å²) in [6.07, 6.45) is 0. The number of hydrogen-bond acceptors (Lipinski definition) is 3. The molecule has 0 atom stereocenters. The van der Waals surface area contributed by atoms with E-state index in [1.807, 2.05) is 12.1 Å². The van der Waals surface area contributed by atoms with E-state index in [1.165, 1.54) is 27.4 Å². The van der Waals surface area contributed by atoms with E-state index in [-0.39, 0.29) is 0 Å². The topological polar surface area (TPSA) is 43.6 Å². The minimum atomic E-state index is 0.624. The second-order valence-electron chi connectivity index (χ2n) is 15.2. The van der Waals surface area contributed by atoms with Crippen LogP contribution in [0.2, 0.25) is 0 Å². The van der Waals surface area contributed by atoms with E-state index < -0.39 is 0 Å². The molecule has 0 bridgehead atoms. The SMILES string of the molecule is c1ccc(-c2cccc(-c3nc(-c4ccc(-c5ccc(-c6ccccc6-n6c7ccccc7c7ccccc76)cc5)cc4)nc(-c4cccc(-c5ccccc5)c4)n3)c2)cc1. The van der Waals surface area contributed by atoms with Crippen LogP contribution in [0.5, 0.6) is 0 Å². The van der Waals surface area contributed by atoms with Gasteiger partial charge >= 0.3 is 0 Å². The molecule has 0 spiro atoms. The molecule has 0 aliphatic heterocycles. The molecule has 0 fully saturated rings. The van der Waals surface area contributed by atoms with Crippen molar-refractivity contribution < 1.29 is 0 Å². The van der Waals surface area contributed by atoms with E-state index >= 15 is 0 Å². The van der Waals surface area contributed by atoms with Gasteiger partial charge in [-0.15, -0.1) is 0 Å². The van der Waals surface area contributed by atoms with Crippen molar-refractivity contribution in [3.63, 3.8) is 0 Å². The molecule has 0 aliphatic rings. The van der Waals surface area contributed by atoms with Gasteiger partial charge < -0.3 is 4.57 Å². The van der Waals surface area contributed by atoms with Gasteiger partial charge in [-0.25, -0.2) is 15.0 Å². The van der Waals surface area contributed by atoms with E-state index in [1.54, 1.807) is 0 Å². The van der Waals surface area contributed by atoms with Crippen molar-refractivity contribution >= 4 is 21.8 Å². The van der Waals surface area contributed by atoms with Gasteiger partial charge in [0.25, 0.3) is 0 Å². The zero-order valence-electron chi connectivity index (χ0n) is 33.2. The molecule has 0 saturated carbocycles. The van der Waals surface area contributed by atoms with Crippen LogP contribution in [0.4, 0.5) is 0 Å². The highest BCUT2D eigenvalue weighted by Gasteiger charge is 2.17. The lowest BCUT2D eigenvalue weighted by molar-refractivity contribution is 1.07. The number of fused-ring (bicyclic) bond motifs is 3. The number of nitrogens with zero attached hydrogens (tertiary/aromatic N) is 4. The molecule has 286 valence electrons. The van der Waals surface area contributed by atoms with Gasteiger partial charge in [0.1, 0.15) is 0 Å². The Bertz CT molecular complexity index is 3180. The van der Waals surface area contributed by atoms with Crippen molar-refractivity contribution in [1.82, 2.24) is 19.5 Å². The number of rotatable bonds is 8. The van der Waals surface area contributed by atoms with E-state index in [2.05, 4.69) is 223 Å². The van der Waals surface area contributed by atoms with Gasteiger partial charge in [0.2, 0.25) is 0 Å². The van der Waals surface area contributed by atoms with Crippen LogP contribution in [-0.2, 0) is 0 Å². The average Bonchev–Trinajstić information content (AvgIpc) is 3.69. The second-order valence-corrected chi connectivity index (χ2v) is 15.2. The van der Waals surface area contributed by atoms with Gasteiger partial charge in [0, 0.05) is 33.0 Å². The van der Waals surface area contributed by atoms with Gasteiger partial charge in [-0.1, -0.05) is 200 Å². The van der Waals surface area contributed by atoms with E-state index in [9.17, 15) is 0 Å². The molecule has 2 aromatic heterocycles. The highest BCUT2D eigenvalue weighted by molar-refractivity contribution is 6.09.